The number of hydrogen-bond donors (Lipinski definition) is 0. The molecule has 0 bridgehead atoms. The van der Waals surface area contributed by atoms with Crippen LogP contribution in [0.5, 0.6) is 0 Å². The Kier molecular flexibility index (Phi) is 151. The first-order valence-corrected chi connectivity index (χ1v) is 0. The molecule has 0 rings (SSSR count). The molecule has 0 amide bonds. The first-order valence-electron chi connectivity index (χ1n) is 0. The van der Waals surface area contributed by atoms with Crippen LogP contribution in [0, 0.1) is 0 Å². The van der Waals surface area contributed by atoms with Gasteiger partial charge in [-0.25, -0.2) is 0 Å². The van der Waals surface area contributed by atoms with Gasteiger partial charge in [0, 0.05) is 19.5 Å². The van der Waals surface area contributed by atoms with Crippen molar-refractivity contribution >= 4 is 57.9 Å². The third kappa shape index (κ3) is 8.84. The summed E-state index contributed by atoms with van der Waals surface area (Å²) < 4.78 is 0. The summed E-state index contributed by atoms with van der Waals surface area (Å²) in [6, 6.07) is 0. The second kappa shape index (κ2) is 18.3. The molecule has 0 heterocycles. The summed E-state index contributed by atoms with van der Waals surface area (Å²) in [5.74, 6) is 0. The molecule has 0 aliphatic carbocycles. The van der Waals surface area contributed by atoms with Crippen LogP contribution >= 0.6 is 12.4 Å². The summed E-state index contributed by atoms with van der Waals surface area (Å²) in [4.78, 5) is 0. The standard InChI is InChI=1S/ClH.H2O.Sr.Zn.2H/h1H;1H2;;;;. The van der Waals surface area contributed by atoms with Gasteiger partial charge in [-0.3, -0.25) is 0 Å². The second-order valence-corrected chi connectivity index (χ2v) is 0. The van der Waals surface area contributed by atoms with Crippen molar-refractivity contribution in [3.8, 4) is 0 Å². The van der Waals surface area contributed by atoms with Crippen molar-refractivity contribution in [1.29, 1.82) is 0 Å². The fourth-order valence-electron chi connectivity index (χ4n) is 0. The van der Waals surface area contributed by atoms with E-state index in [1.54, 1.807) is 0 Å². The van der Waals surface area contributed by atoms with Gasteiger partial charge in [0.2, 0.25) is 0 Å². The molecular formula is H5ClOSrZn. The van der Waals surface area contributed by atoms with E-state index in [1.807, 2.05) is 0 Å². The summed E-state index contributed by atoms with van der Waals surface area (Å²) in [6.45, 7) is 0. The first-order chi connectivity index (χ1) is 0. The van der Waals surface area contributed by atoms with Crippen LogP contribution in [0.25, 0.3) is 0 Å². The molecule has 0 unspecified atom stereocenters. The molecule has 0 aromatic heterocycles. The Labute approximate surface area is 81.3 Å². The summed E-state index contributed by atoms with van der Waals surface area (Å²) in [6.07, 6.45) is 0. The van der Waals surface area contributed by atoms with Crippen molar-refractivity contribution in [2.45, 2.75) is 0 Å². The van der Waals surface area contributed by atoms with Crippen LogP contribution in [0.15, 0.2) is 0 Å². The van der Waals surface area contributed by atoms with Gasteiger partial charge in [-0.1, -0.05) is 0 Å². The van der Waals surface area contributed by atoms with Crippen LogP contribution in [-0.2, 0) is 19.5 Å². The largest absolute Gasteiger partial charge is 0 e. The van der Waals surface area contributed by atoms with Crippen molar-refractivity contribution in [3.63, 3.8) is 0 Å². The molecule has 22 valence electrons. The second-order valence-electron chi connectivity index (χ2n) is 0. The quantitative estimate of drug-likeness (QED) is 0.443. The van der Waals surface area contributed by atoms with Crippen molar-refractivity contribution in [2.24, 2.45) is 0 Å². The fraction of sp³-hybridized carbons (Fsp3) is 0. The Bertz CT molecular complexity index is 8.00. The molecule has 0 fully saturated rings. The third-order valence-corrected chi connectivity index (χ3v) is 0. The van der Waals surface area contributed by atoms with E-state index in [0.29, 0.717) is 0 Å². The summed E-state index contributed by atoms with van der Waals surface area (Å²) in [7, 11) is 0. The monoisotopic (exact) mass is 208 g/mol. The molecular weight excluding hydrogens is 204 g/mol. The first kappa shape index (κ1) is 32.9. The molecule has 4 heavy (non-hydrogen) atoms. The van der Waals surface area contributed by atoms with Gasteiger partial charge in [0.15, 0.2) is 0 Å². The normalized spacial score (nSPS) is 0. The van der Waals surface area contributed by atoms with Gasteiger partial charge >= 0.3 is 45.5 Å². The van der Waals surface area contributed by atoms with Crippen LogP contribution in [0.1, 0.15) is 0 Å². The van der Waals surface area contributed by atoms with E-state index in [4.69, 9.17) is 0 Å². The van der Waals surface area contributed by atoms with E-state index >= 15 is 0 Å². The summed E-state index contributed by atoms with van der Waals surface area (Å²) in [5.41, 5.74) is 0. The molecule has 0 saturated heterocycles. The molecule has 0 radical (unpaired) electrons. The van der Waals surface area contributed by atoms with Crippen LogP contribution in [0.4, 0.5) is 0 Å². The van der Waals surface area contributed by atoms with E-state index in [0.717, 1.165) is 0 Å². The van der Waals surface area contributed by atoms with Gasteiger partial charge in [-0.15, -0.1) is 12.4 Å². The Hall–Kier alpha value is 2.35. The predicted octanol–water partition coefficient (Wildman–Crippen LogP) is -1.32. The Morgan fingerprint density at radius 2 is 1.00 bits per heavy atom. The summed E-state index contributed by atoms with van der Waals surface area (Å²) >= 11 is 0. The van der Waals surface area contributed by atoms with Gasteiger partial charge in [-0.2, -0.15) is 0 Å². The zero-order chi connectivity index (χ0) is 0. The molecule has 0 atom stereocenters. The van der Waals surface area contributed by atoms with Crippen molar-refractivity contribution in [2.75, 3.05) is 0 Å². The molecule has 0 spiro atoms. The zero-order valence-electron chi connectivity index (χ0n) is 1.62. The number of halogens is 1. The van der Waals surface area contributed by atoms with Crippen LogP contribution in [0.2, 0.25) is 0 Å². The average Bonchev–Trinajstić information content (AvgIpc) is 0. The van der Waals surface area contributed by atoms with Gasteiger partial charge < -0.3 is 5.48 Å². The van der Waals surface area contributed by atoms with E-state index in [-0.39, 0.29) is 82.8 Å². The van der Waals surface area contributed by atoms with Gasteiger partial charge in [-0.05, 0) is 0 Å². The van der Waals surface area contributed by atoms with Gasteiger partial charge in [0.05, 0.1) is 0 Å². The Morgan fingerprint density at radius 3 is 1.00 bits per heavy atom. The number of hydrogen-bond acceptors (Lipinski definition) is 0. The number of rotatable bonds is 0. The third-order valence-electron chi connectivity index (χ3n) is 0. The molecule has 0 aromatic rings. The molecule has 1 nitrogen and oxygen atoms in total. The van der Waals surface area contributed by atoms with E-state index in [9.17, 15) is 0 Å². The predicted molar refractivity (Wildman–Crippen MR) is 19.4 cm³/mol. The van der Waals surface area contributed by atoms with E-state index in [1.165, 1.54) is 0 Å². The van der Waals surface area contributed by atoms with Crippen LogP contribution in [0.3, 0.4) is 0 Å². The molecule has 0 saturated carbocycles. The SMILES string of the molecule is Cl.O.[SrH2].[Zn]. The van der Waals surface area contributed by atoms with Crippen molar-refractivity contribution in [1.82, 2.24) is 0 Å². The Balaban J connectivity index is 0. The van der Waals surface area contributed by atoms with Crippen molar-refractivity contribution in [3.05, 3.63) is 0 Å². The Morgan fingerprint density at radius 1 is 1.00 bits per heavy atom. The fourth-order valence-corrected chi connectivity index (χ4v) is 0. The van der Waals surface area contributed by atoms with E-state index < -0.39 is 0 Å². The molecule has 2 N–H and O–H groups in total. The maximum Gasteiger partial charge on any atom is 0 e. The minimum absolute atomic E-state index is 0. The van der Waals surface area contributed by atoms with Gasteiger partial charge in [0.25, 0.3) is 0 Å². The molecule has 0 aliphatic heterocycles. The van der Waals surface area contributed by atoms with E-state index in [2.05, 4.69) is 0 Å². The molecule has 0 aliphatic rings. The maximum atomic E-state index is 0. The molecule has 4 heteroatoms. The summed E-state index contributed by atoms with van der Waals surface area (Å²) in [5, 5.41) is 0. The zero-order valence-corrected chi connectivity index (χ0v) is 5.40. The van der Waals surface area contributed by atoms with Crippen LogP contribution < -0.4 is 0 Å². The minimum Gasteiger partial charge on any atom is 0 e. The topological polar surface area (TPSA) is 31.5 Å². The van der Waals surface area contributed by atoms with Crippen LogP contribution in [-0.4, -0.2) is 51.0 Å². The molecule has 0 aromatic carbocycles. The average molecular weight is 210 g/mol. The smallest absolute Gasteiger partial charge is 0 e. The van der Waals surface area contributed by atoms with Crippen molar-refractivity contribution < 1.29 is 25.0 Å². The van der Waals surface area contributed by atoms with Gasteiger partial charge in [0.1, 0.15) is 0 Å². The minimum atomic E-state index is 0. The maximum absolute atomic E-state index is 0.